The van der Waals surface area contributed by atoms with Crippen LogP contribution in [0.15, 0.2) is 60.7 Å². The Labute approximate surface area is 249 Å². The predicted molar refractivity (Wildman–Crippen MR) is 165 cm³/mol. The van der Waals surface area contributed by atoms with Gasteiger partial charge in [-0.15, -0.1) is 12.4 Å². The maximum absolute atomic E-state index is 13.9. The van der Waals surface area contributed by atoms with Gasteiger partial charge in [-0.1, -0.05) is 56.2 Å². The van der Waals surface area contributed by atoms with Gasteiger partial charge in [0.05, 0.1) is 12.1 Å². The van der Waals surface area contributed by atoms with Crippen LogP contribution in [0.1, 0.15) is 64.9 Å². The highest BCUT2D eigenvalue weighted by molar-refractivity contribution is 5.94. The van der Waals surface area contributed by atoms with Crippen LogP contribution in [0.5, 0.6) is 0 Å². The van der Waals surface area contributed by atoms with Crippen LogP contribution in [-0.4, -0.2) is 48.2 Å². The first kappa shape index (κ1) is 34.4. The summed E-state index contributed by atoms with van der Waals surface area (Å²) in [7, 11) is 2.06. The van der Waals surface area contributed by atoms with Crippen LogP contribution in [0.3, 0.4) is 0 Å². The summed E-state index contributed by atoms with van der Waals surface area (Å²) in [4.78, 5) is 15.6. The molecule has 3 rings (SSSR count). The molecule has 0 aromatic heterocycles. The van der Waals surface area contributed by atoms with Gasteiger partial charge in [-0.05, 0) is 86.3 Å². The standard InChI is InChI=1S/C33H43F2N3O2.ClH/c1-5-7-11-38(4)22-27-12-23(3)13-28(15-27)33(40)37-31(18-26-16-29(34)19-30(35)17-26)32(39)21-36-20-25-10-8-9-24(6-2)14-25;/h8-10,12-17,19,31-32,36,39H,5-7,11,18,20-22H2,1-4H3,(H,37,40);1H/t31-,32+;/m0./s1. The molecule has 0 radical (unpaired) electrons. The monoisotopic (exact) mass is 587 g/mol. The molecule has 0 saturated heterocycles. The maximum atomic E-state index is 13.9. The summed E-state index contributed by atoms with van der Waals surface area (Å²) >= 11 is 0. The van der Waals surface area contributed by atoms with Crippen LogP contribution in [0.4, 0.5) is 8.78 Å². The summed E-state index contributed by atoms with van der Waals surface area (Å²) in [5, 5.41) is 17.3. The Hall–Kier alpha value is -2.84. The number of aliphatic hydroxyl groups is 1. The van der Waals surface area contributed by atoms with E-state index >= 15 is 0 Å². The molecule has 5 nitrogen and oxygen atoms in total. The van der Waals surface area contributed by atoms with E-state index in [-0.39, 0.29) is 31.3 Å². The van der Waals surface area contributed by atoms with E-state index in [2.05, 4.69) is 54.6 Å². The van der Waals surface area contributed by atoms with Crippen molar-refractivity contribution in [1.29, 1.82) is 0 Å². The van der Waals surface area contributed by atoms with Gasteiger partial charge in [0, 0.05) is 31.3 Å². The highest BCUT2D eigenvalue weighted by Crippen LogP contribution is 2.16. The number of rotatable bonds is 15. The van der Waals surface area contributed by atoms with Crippen LogP contribution in [-0.2, 0) is 25.9 Å². The average Bonchev–Trinajstić information content (AvgIpc) is 2.90. The third-order valence-corrected chi connectivity index (χ3v) is 6.99. The van der Waals surface area contributed by atoms with Crippen LogP contribution in [0, 0.1) is 18.6 Å². The SMILES string of the molecule is CCCCN(C)Cc1cc(C)cc(C(=O)N[C@@H](Cc2cc(F)cc(F)c2)[C@H](O)CNCc2cccc(CC)c2)c1.Cl. The fourth-order valence-corrected chi connectivity index (χ4v) is 4.89. The lowest BCUT2D eigenvalue weighted by Gasteiger charge is -2.25. The summed E-state index contributed by atoms with van der Waals surface area (Å²) < 4.78 is 27.8. The topological polar surface area (TPSA) is 64.6 Å². The molecule has 0 heterocycles. The number of carbonyl (C=O) groups excluding carboxylic acids is 1. The second-order valence-corrected chi connectivity index (χ2v) is 10.7. The summed E-state index contributed by atoms with van der Waals surface area (Å²) in [5.74, 6) is -1.73. The number of nitrogens with one attached hydrogen (secondary N) is 2. The molecule has 0 aliphatic rings. The molecular formula is C33H44ClF2N3O2. The Morgan fingerprint density at radius 3 is 2.34 bits per heavy atom. The minimum atomic E-state index is -0.992. The van der Waals surface area contributed by atoms with E-state index in [1.165, 1.54) is 17.7 Å². The van der Waals surface area contributed by atoms with E-state index in [0.29, 0.717) is 17.7 Å². The Balaban J connectivity index is 0.00000588. The highest BCUT2D eigenvalue weighted by Gasteiger charge is 2.23. The number of nitrogens with zero attached hydrogens (tertiary/aromatic N) is 1. The third kappa shape index (κ3) is 11.5. The fourth-order valence-electron chi connectivity index (χ4n) is 4.89. The number of hydrogen-bond donors (Lipinski definition) is 3. The molecule has 2 atom stereocenters. The Bertz CT molecular complexity index is 1240. The van der Waals surface area contributed by atoms with Crippen molar-refractivity contribution in [3.8, 4) is 0 Å². The molecule has 41 heavy (non-hydrogen) atoms. The van der Waals surface area contributed by atoms with Crippen molar-refractivity contribution in [2.24, 2.45) is 0 Å². The minimum absolute atomic E-state index is 0. The lowest BCUT2D eigenvalue weighted by Crippen LogP contribution is -2.48. The van der Waals surface area contributed by atoms with Gasteiger partial charge in [0.1, 0.15) is 11.6 Å². The van der Waals surface area contributed by atoms with Gasteiger partial charge in [0.2, 0.25) is 0 Å². The fraction of sp³-hybridized carbons (Fsp3) is 0.424. The Morgan fingerprint density at radius 2 is 1.66 bits per heavy atom. The maximum Gasteiger partial charge on any atom is 0.251 e. The van der Waals surface area contributed by atoms with Crippen LogP contribution < -0.4 is 10.6 Å². The quantitative estimate of drug-likeness (QED) is 0.205. The summed E-state index contributed by atoms with van der Waals surface area (Å²) in [6.07, 6.45) is 2.24. The van der Waals surface area contributed by atoms with Crippen molar-refractivity contribution in [3.05, 3.63) is 106 Å². The molecule has 0 aliphatic carbocycles. The Morgan fingerprint density at radius 1 is 0.951 bits per heavy atom. The lowest BCUT2D eigenvalue weighted by molar-refractivity contribution is 0.0829. The van der Waals surface area contributed by atoms with Crippen molar-refractivity contribution < 1.29 is 18.7 Å². The number of halogens is 3. The molecule has 0 saturated carbocycles. The van der Waals surface area contributed by atoms with Crippen molar-refractivity contribution in [2.75, 3.05) is 20.1 Å². The summed E-state index contributed by atoms with van der Waals surface area (Å²) in [5.41, 5.74) is 5.17. The van der Waals surface area contributed by atoms with E-state index < -0.39 is 23.8 Å². The van der Waals surface area contributed by atoms with Crippen molar-refractivity contribution >= 4 is 18.3 Å². The zero-order chi connectivity index (χ0) is 29.1. The van der Waals surface area contributed by atoms with E-state index in [1.54, 1.807) is 0 Å². The molecule has 3 aromatic carbocycles. The molecule has 0 unspecified atom stereocenters. The van der Waals surface area contributed by atoms with Crippen molar-refractivity contribution in [1.82, 2.24) is 15.5 Å². The molecular weight excluding hydrogens is 544 g/mol. The number of unbranched alkanes of at least 4 members (excludes halogenated alkanes) is 1. The molecule has 0 aliphatic heterocycles. The smallest absolute Gasteiger partial charge is 0.251 e. The zero-order valence-electron chi connectivity index (χ0n) is 24.6. The first-order valence-electron chi connectivity index (χ1n) is 14.2. The number of aryl methyl sites for hydroxylation is 2. The first-order chi connectivity index (χ1) is 19.2. The number of hydrogen-bond acceptors (Lipinski definition) is 4. The van der Waals surface area contributed by atoms with Crippen LogP contribution in [0.25, 0.3) is 0 Å². The number of carbonyl (C=O) groups is 1. The molecule has 224 valence electrons. The molecule has 0 spiro atoms. The molecule has 3 aromatic rings. The molecule has 1 amide bonds. The van der Waals surface area contributed by atoms with Gasteiger partial charge < -0.3 is 20.6 Å². The second kappa shape index (κ2) is 17.2. The molecule has 0 bridgehead atoms. The van der Waals surface area contributed by atoms with Gasteiger partial charge in [-0.2, -0.15) is 0 Å². The van der Waals surface area contributed by atoms with Gasteiger partial charge >= 0.3 is 0 Å². The third-order valence-electron chi connectivity index (χ3n) is 6.99. The van der Waals surface area contributed by atoms with Gasteiger partial charge in [0.15, 0.2) is 0 Å². The number of benzene rings is 3. The zero-order valence-corrected chi connectivity index (χ0v) is 25.4. The van der Waals surface area contributed by atoms with Crippen molar-refractivity contribution in [3.63, 3.8) is 0 Å². The van der Waals surface area contributed by atoms with E-state index in [9.17, 15) is 18.7 Å². The number of amides is 1. The Kier molecular flexibility index (Phi) is 14.4. The molecule has 8 heteroatoms. The average molecular weight is 588 g/mol. The summed E-state index contributed by atoms with van der Waals surface area (Å²) in [6.45, 7) is 8.64. The number of aliphatic hydroxyl groups excluding tert-OH is 1. The molecule has 0 fully saturated rings. The second-order valence-electron chi connectivity index (χ2n) is 10.7. The van der Waals surface area contributed by atoms with E-state index in [0.717, 1.165) is 55.1 Å². The van der Waals surface area contributed by atoms with Crippen LogP contribution in [0.2, 0.25) is 0 Å². The predicted octanol–water partition coefficient (Wildman–Crippen LogP) is 5.98. The van der Waals surface area contributed by atoms with Gasteiger partial charge in [-0.25, -0.2) is 8.78 Å². The summed E-state index contributed by atoms with van der Waals surface area (Å²) in [6, 6.07) is 16.5. The van der Waals surface area contributed by atoms with Gasteiger partial charge in [0.25, 0.3) is 5.91 Å². The lowest BCUT2D eigenvalue weighted by atomic mass is 9.99. The molecule has 3 N–H and O–H groups in total. The van der Waals surface area contributed by atoms with Crippen molar-refractivity contribution in [2.45, 2.75) is 71.7 Å². The van der Waals surface area contributed by atoms with Gasteiger partial charge in [-0.3, -0.25) is 4.79 Å². The van der Waals surface area contributed by atoms with Crippen LogP contribution >= 0.6 is 12.4 Å². The van der Waals surface area contributed by atoms with E-state index in [1.807, 2.05) is 31.2 Å². The normalized spacial score (nSPS) is 12.6. The first-order valence-corrected chi connectivity index (χ1v) is 14.2. The largest absolute Gasteiger partial charge is 0.390 e. The minimum Gasteiger partial charge on any atom is -0.390 e. The van der Waals surface area contributed by atoms with E-state index in [4.69, 9.17) is 0 Å². The highest BCUT2D eigenvalue weighted by atomic mass is 35.5.